The van der Waals surface area contributed by atoms with Gasteiger partial charge in [-0.05, 0) is 69.6 Å². The van der Waals surface area contributed by atoms with Gasteiger partial charge in [-0.3, -0.25) is 4.79 Å². The largest absolute Gasteiger partial charge is 0.457 e. The van der Waals surface area contributed by atoms with Crippen molar-refractivity contribution in [2.75, 3.05) is 0 Å². The van der Waals surface area contributed by atoms with Crippen LogP contribution in [0.2, 0.25) is 0 Å². The fourth-order valence-corrected chi connectivity index (χ4v) is 2.54. The molecule has 1 unspecified atom stereocenters. The van der Waals surface area contributed by atoms with Gasteiger partial charge in [0, 0.05) is 0 Å². The fraction of sp³-hybridized carbons (Fsp3) is 0.611. The minimum atomic E-state index is -0.400. The van der Waals surface area contributed by atoms with Gasteiger partial charge >= 0.3 is 5.97 Å². The minimum absolute atomic E-state index is 0.106. The summed E-state index contributed by atoms with van der Waals surface area (Å²) in [5, 5.41) is 0. The van der Waals surface area contributed by atoms with Gasteiger partial charge in [-0.15, -0.1) is 0 Å². The zero-order chi connectivity index (χ0) is 14.8. The smallest absolute Gasteiger partial charge is 0.312 e. The molecular formula is C18H26O2. The quantitative estimate of drug-likeness (QED) is 0.750. The van der Waals surface area contributed by atoms with Crippen molar-refractivity contribution in [3.05, 3.63) is 34.9 Å². The number of rotatable bonds is 4. The number of esters is 1. The van der Waals surface area contributed by atoms with Crippen LogP contribution in [-0.2, 0) is 22.4 Å². The van der Waals surface area contributed by atoms with Crippen LogP contribution in [0.3, 0.4) is 0 Å². The first-order valence-electron chi connectivity index (χ1n) is 7.77. The van der Waals surface area contributed by atoms with Gasteiger partial charge < -0.3 is 4.74 Å². The van der Waals surface area contributed by atoms with Crippen molar-refractivity contribution in [1.29, 1.82) is 0 Å². The molecule has 2 heteroatoms. The van der Waals surface area contributed by atoms with Gasteiger partial charge in [0.25, 0.3) is 0 Å². The summed E-state index contributed by atoms with van der Waals surface area (Å²) >= 11 is 0. The number of benzene rings is 1. The summed E-state index contributed by atoms with van der Waals surface area (Å²) in [6.07, 6.45) is 5.54. The first-order valence-corrected chi connectivity index (χ1v) is 7.77. The van der Waals surface area contributed by atoms with Crippen LogP contribution in [0.1, 0.15) is 69.8 Å². The molecule has 0 amide bonds. The van der Waals surface area contributed by atoms with Crippen molar-refractivity contribution >= 4 is 5.97 Å². The van der Waals surface area contributed by atoms with E-state index in [4.69, 9.17) is 4.74 Å². The Hall–Kier alpha value is -1.31. The Morgan fingerprint density at radius 1 is 1.25 bits per heavy atom. The van der Waals surface area contributed by atoms with E-state index in [0.29, 0.717) is 0 Å². The van der Waals surface area contributed by atoms with Gasteiger partial charge in [0.2, 0.25) is 0 Å². The maximum atomic E-state index is 12.1. The van der Waals surface area contributed by atoms with Crippen LogP contribution < -0.4 is 0 Å². The Morgan fingerprint density at radius 3 is 2.55 bits per heavy atom. The Kier molecular flexibility index (Phi) is 4.52. The topological polar surface area (TPSA) is 26.3 Å². The molecule has 110 valence electrons. The van der Waals surface area contributed by atoms with E-state index in [1.165, 1.54) is 30.4 Å². The second-order valence-electron chi connectivity index (χ2n) is 6.52. The maximum absolute atomic E-state index is 12.1. The van der Waals surface area contributed by atoms with Crippen LogP contribution in [0.15, 0.2) is 18.2 Å². The van der Waals surface area contributed by atoms with Gasteiger partial charge in [0.15, 0.2) is 0 Å². The third-order valence-corrected chi connectivity index (χ3v) is 4.56. The van der Waals surface area contributed by atoms with E-state index in [9.17, 15) is 4.79 Å². The van der Waals surface area contributed by atoms with Gasteiger partial charge in [0.1, 0.15) is 6.10 Å². The van der Waals surface area contributed by atoms with Gasteiger partial charge in [0.05, 0.1) is 5.41 Å². The van der Waals surface area contributed by atoms with E-state index in [1.807, 2.05) is 27.7 Å². The third-order valence-electron chi connectivity index (χ3n) is 4.56. The predicted octanol–water partition coefficient (Wildman–Crippen LogP) is 4.61. The molecule has 0 fully saturated rings. The highest BCUT2D eigenvalue weighted by Crippen LogP contribution is 2.29. The van der Waals surface area contributed by atoms with Crippen LogP contribution >= 0.6 is 0 Å². The van der Waals surface area contributed by atoms with E-state index < -0.39 is 5.41 Å². The SMILES string of the molecule is CCC(C)(C)C(=O)OC(C)c1ccc2c(c1)CCCC2. The molecule has 0 heterocycles. The molecular weight excluding hydrogens is 248 g/mol. The lowest BCUT2D eigenvalue weighted by atomic mass is 9.89. The van der Waals surface area contributed by atoms with Crippen LogP contribution in [0.25, 0.3) is 0 Å². The van der Waals surface area contributed by atoms with E-state index in [-0.39, 0.29) is 12.1 Å². The maximum Gasteiger partial charge on any atom is 0.312 e. The van der Waals surface area contributed by atoms with E-state index >= 15 is 0 Å². The van der Waals surface area contributed by atoms with E-state index in [2.05, 4.69) is 18.2 Å². The highest BCUT2D eigenvalue weighted by atomic mass is 16.5. The monoisotopic (exact) mass is 274 g/mol. The molecule has 20 heavy (non-hydrogen) atoms. The summed E-state index contributed by atoms with van der Waals surface area (Å²) in [6, 6.07) is 6.55. The zero-order valence-corrected chi connectivity index (χ0v) is 13.2. The van der Waals surface area contributed by atoms with Gasteiger partial charge in [-0.2, -0.15) is 0 Å². The lowest BCUT2D eigenvalue weighted by Gasteiger charge is -2.24. The number of hydrogen-bond donors (Lipinski definition) is 0. The molecule has 0 N–H and O–H groups in total. The summed E-state index contributed by atoms with van der Waals surface area (Å²) in [5.41, 5.74) is 3.62. The molecule has 2 nitrogen and oxygen atoms in total. The number of carbonyl (C=O) groups is 1. The number of fused-ring (bicyclic) bond motifs is 1. The second-order valence-corrected chi connectivity index (χ2v) is 6.52. The number of aryl methyl sites for hydroxylation is 2. The normalized spacial score (nSPS) is 16.4. The Bertz CT molecular complexity index is 488. The molecule has 1 aromatic carbocycles. The van der Waals surface area contributed by atoms with Crippen LogP contribution in [0.4, 0.5) is 0 Å². The molecule has 0 spiro atoms. The molecule has 0 saturated carbocycles. The number of ether oxygens (including phenoxy) is 1. The van der Waals surface area contributed by atoms with Crippen molar-refractivity contribution in [2.24, 2.45) is 5.41 Å². The Balaban J connectivity index is 2.10. The zero-order valence-electron chi connectivity index (χ0n) is 13.2. The standard InChI is InChI=1S/C18H26O2/c1-5-18(3,4)17(19)20-13(2)15-11-10-14-8-6-7-9-16(14)12-15/h10-13H,5-9H2,1-4H3. The molecule has 1 aliphatic rings. The molecule has 0 bridgehead atoms. The average Bonchev–Trinajstić information content (AvgIpc) is 2.46. The highest BCUT2D eigenvalue weighted by molar-refractivity contribution is 5.76. The highest BCUT2D eigenvalue weighted by Gasteiger charge is 2.29. The summed E-state index contributed by atoms with van der Waals surface area (Å²) in [6.45, 7) is 7.86. The van der Waals surface area contributed by atoms with Crippen molar-refractivity contribution in [3.8, 4) is 0 Å². The number of hydrogen-bond acceptors (Lipinski definition) is 2. The van der Waals surface area contributed by atoms with Gasteiger partial charge in [-0.1, -0.05) is 25.1 Å². The molecule has 0 aliphatic heterocycles. The first kappa shape index (κ1) is 15.1. The molecule has 1 atom stereocenters. The Morgan fingerprint density at radius 2 is 1.90 bits per heavy atom. The van der Waals surface area contributed by atoms with E-state index in [1.54, 1.807) is 0 Å². The molecule has 1 aromatic rings. The first-order chi connectivity index (χ1) is 9.44. The summed E-state index contributed by atoms with van der Waals surface area (Å²) in [4.78, 5) is 12.1. The van der Waals surface area contributed by atoms with Gasteiger partial charge in [-0.25, -0.2) is 0 Å². The van der Waals surface area contributed by atoms with Crippen LogP contribution in [-0.4, -0.2) is 5.97 Å². The molecule has 1 aliphatic carbocycles. The summed E-state index contributed by atoms with van der Waals surface area (Å²) < 4.78 is 5.64. The molecule has 2 rings (SSSR count). The van der Waals surface area contributed by atoms with Crippen molar-refractivity contribution in [3.63, 3.8) is 0 Å². The molecule has 0 saturated heterocycles. The van der Waals surface area contributed by atoms with Crippen molar-refractivity contribution in [2.45, 2.75) is 65.9 Å². The summed E-state index contributed by atoms with van der Waals surface area (Å²) in [5.74, 6) is -0.106. The Labute approximate surface area is 122 Å². The predicted molar refractivity (Wildman–Crippen MR) is 81.7 cm³/mol. The lowest BCUT2D eigenvalue weighted by Crippen LogP contribution is -2.26. The van der Waals surface area contributed by atoms with Crippen LogP contribution in [0, 0.1) is 5.41 Å². The fourth-order valence-electron chi connectivity index (χ4n) is 2.54. The lowest BCUT2D eigenvalue weighted by molar-refractivity contribution is -0.159. The third kappa shape index (κ3) is 3.23. The van der Waals surface area contributed by atoms with Crippen molar-refractivity contribution < 1.29 is 9.53 Å². The summed E-state index contributed by atoms with van der Waals surface area (Å²) in [7, 11) is 0. The van der Waals surface area contributed by atoms with Crippen molar-refractivity contribution in [1.82, 2.24) is 0 Å². The minimum Gasteiger partial charge on any atom is -0.457 e. The molecule has 0 aromatic heterocycles. The van der Waals surface area contributed by atoms with Crippen LogP contribution in [0.5, 0.6) is 0 Å². The molecule has 0 radical (unpaired) electrons. The number of carbonyl (C=O) groups excluding carboxylic acids is 1. The van der Waals surface area contributed by atoms with E-state index in [0.717, 1.165) is 18.4 Å². The second kappa shape index (κ2) is 5.99. The average molecular weight is 274 g/mol.